The Morgan fingerprint density at radius 1 is 1.12 bits per heavy atom. The second-order valence-corrected chi connectivity index (χ2v) is 12.3. The molecule has 0 aliphatic carbocycles. The SMILES string of the molecule is CC1CCN(S(=O)(=O)c2ccc(C(=O)N(CCN(C)C)c3nc4c(Cl)cccc4s3)cc2)CC1. The van der Waals surface area contributed by atoms with Crippen LogP contribution in [0.25, 0.3) is 10.2 Å². The van der Waals surface area contributed by atoms with E-state index in [9.17, 15) is 13.2 Å². The summed E-state index contributed by atoms with van der Waals surface area (Å²) in [7, 11) is 0.320. The molecule has 10 heteroatoms. The number of amides is 1. The van der Waals surface area contributed by atoms with E-state index in [4.69, 9.17) is 11.6 Å². The minimum Gasteiger partial charge on any atom is -0.308 e. The van der Waals surface area contributed by atoms with Crippen LogP contribution in [0.5, 0.6) is 0 Å². The first-order valence-electron chi connectivity index (χ1n) is 11.3. The molecule has 3 aromatic rings. The van der Waals surface area contributed by atoms with Crippen LogP contribution < -0.4 is 4.90 Å². The van der Waals surface area contributed by atoms with E-state index in [0.29, 0.717) is 53.3 Å². The van der Waals surface area contributed by atoms with Gasteiger partial charge in [-0.15, -0.1) is 0 Å². The molecule has 4 rings (SSSR count). The molecule has 1 aliphatic rings. The Kier molecular flexibility index (Phi) is 7.59. The number of thiazole rings is 1. The van der Waals surface area contributed by atoms with Crippen molar-refractivity contribution >= 4 is 54.2 Å². The van der Waals surface area contributed by atoms with Gasteiger partial charge in [0.25, 0.3) is 5.91 Å². The van der Waals surface area contributed by atoms with E-state index < -0.39 is 10.0 Å². The van der Waals surface area contributed by atoms with Gasteiger partial charge in [0.1, 0.15) is 5.52 Å². The summed E-state index contributed by atoms with van der Waals surface area (Å²) in [6.07, 6.45) is 1.73. The zero-order valence-corrected chi connectivity index (χ0v) is 22.0. The highest BCUT2D eigenvalue weighted by molar-refractivity contribution is 7.89. The second kappa shape index (κ2) is 10.3. The van der Waals surface area contributed by atoms with Gasteiger partial charge >= 0.3 is 0 Å². The van der Waals surface area contributed by atoms with Gasteiger partial charge in [0.15, 0.2) is 5.13 Å². The van der Waals surface area contributed by atoms with Crippen molar-refractivity contribution in [3.05, 3.63) is 53.1 Å². The summed E-state index contributed by atoms with van der Waals surface area (Å²) in [4.78, 5) is 22.0. The fourth-order valence-corrected chi connectivity index (χ4v) is 6.66. The largest absolute Gasteiger partial charge is 0.308 e. The molecule has 1 aromatic heterocycles. The number of anilines is 1. The molecule has 1 saturated heterocycles. The van der Waals surface area contributed by atoms with E-state index in [1.807, 2.05) is 31.1 Å². The lowest BCUT2D eigenvalue weighted by atomic mass is 10.0. The van der Waals surface area contributed by atoms with E-state index in [1.54, 1.807) is 23.1 Å². The molecule has 0 atom stereocenters. The Morgan fingerprint density at radius 3 is 2.41 bits per heavy atom. The Balaban J connectivity index is 1.60. The summed E-state index contributed by atoms with van der Waals surface area (Å²) in [6, 6.07) is 11.8. The highest BCUT2D eigenvalue weighted by Gasteiger charge is 2.29. The van der Waals surface area contributed by atoms with Gasteiger partial charge < -0.3 is 4.90 Å². The van der Waals surface area contributed by atoms with Gasteiger partial charge in [-0.1, -0.05) is 35.9 Å². The minimum absolute atomic E-state index is 0.213. The Hall–Kier alpha value is -2.04. The van der Waals surface area contributed by atoms with Crippen LogP contribution in [0.1, 0.15) is 30.1 Å². The molecule has 1 amide bonds. The smallest absolute Gasteiger partial charge is 0.260 e. The second-order valence-electron chi connectivity index (χ2n) is 8.95. The maximum atomic E-state index is 13.5. The summed E-state index contributed by atoms with van der Waals surface area (Å²) >= 11 is 7.71. The summed E-state index contributed by atoms with van der Waals surface area (Å²) in [5, 5.41) is 1.11. The number of nitrogens with zero attached hydrogens (tertiary/aromatic N) is 4. The van der Waals surface area contributed by atoms with Crippen molar-refractivity contribution in [3.8, 4) is 0 Å². The average molecular weight is 521 g/mol. The molecule has 1 aliphatic heterocycles. The van der Waals surface area contributed by atoms with Gasteiger partial charge in [0.05, 0.1) is 14.6 Å². The number of carbonyl (C=O) groups is 1. The topological polar surface area (TPSA) is 73.8 Å². The molecular weight excluding hydrogens is 492 g/mol. The van der Waals surface area contributed by atoms with Crippen LogP contribution in [0, 0.1) is 5.92 Å². The van der Waals surface area contributed by atoms with Crippen molar-refractivity contribution in [1.29, 1.82) is 0 Å². The van der Waals surface area contributed by atoms with Crippen LogP contribution in [0.4, 0.5) is 5.13 Å². The maximum Gasteiger partial charge on any atom is 0.260 e. The fraction of sp³-hybridized carbons (Fsp3) is 0.417. The Labute approximate surface area is 210 Å². The van der Waals surface area contributed by atoms with Crippen LogP contribution in [0.2, 0.25) is 5.02 Å². The lowest BCUT2D eigenvalue weighted by Crippen LogP contribution is -2.38. The van der Waals surface area contributed by atoms with Gasteiger partial charge in [0, 0.05) is 31.7 Å². The van der Waals surface area contributed by atoms with E-state index >= 15 is 0 Å². The number of para-hydroxylation sites is 1. The number of benzene rings is 2. The van der Waals surface area contributed by atoms with Crippen molar-refractivity contribution in [1.82, 2.24) is 14.2 Å². The van der Waals surface area contributed by atoms with Crippen molar-refractivity contribution in [2.75, 3.05) is 45.2 Å². The highest BCUT2D eigenvalue weighted by Crippen LogP contribution is 2.33. The summed E-state index contributed by atoms with van der Waals surface area (Å²) in [5.74, 6) is 0.310. The highest BCUT2D eigenvalue weighted by atomic mass is 35.5. The molecule has 2 aromatic carbocycles. The van der Waals surface area contributed by atoms with Gasteiger partial charge in [-0.05, 0) is 69.3 Å². The third kappa shape index (κ3) is 5.28. The zero-order chi connectivity index (χ0) is 24.5. The van der Waals surface area contributed by atoms with Crippen molar-refractivity contribution < 1.29 is 13.2 Å². The third-order valence-corrected chi connectivity index (χ3v) is 9.35. The number of rotatable bonds is 7. The van der Waals surface area contributed by atoms with E-state index in [2.05, 4.69) is 11.9 Å². The lowest BCUT2D eigenvalue weighted by molar-refractivity contribution is 0.0985. The predicted octanol–water partition coefficient (Wildman–Crippen LogP) is 4.58. The monoisotopic (exact) mass is 520 g/mol. The molecule has 0 bridgehead atoms. The quantitative estimate of drug-likeness (QED) is 0.456. The van der Waals surface area contributed by atoms with Crippen LogP contribution in [0.3, 0.4) is 0 Å². The maximum absolute atomic E-state index is 13.5. The first kappa shape index (κ1) is 25.1. The summed E-state index contributed by atoms with van der Waals surface area (Å²) in [6.45, 7) is 4.29. The Morgan fingerprint density at radius 2 is 1.79 bits per heavy atom. The van der Waals surface area contributed by atoms with Crippen LogP contribution in [-0.2, 0) is 10.0 Å². The molecule has 1 fully saturated rings. The number of sulfonamides is 1. The molecular formula is C24H29ClN4O3S2. The van der Waals surface area contributed by atoms with Gasteiger partial charge in [-0.3, -0.25) is 9.69 Å². The number of piperidine rings is 1. The number of carbonyl (C=O) groups excluding carboxylic acids is 1. The number of likely N-dealkylation sites (N-methyl/N-ethyl adjacent to an activating group) is 1. The normalized spacial score (nSPS) is 15.8. The third-order valence-electron chi connectivity index (χ3n) is 6.09. The number of hydrogen-bond acceptors (Lipinski definition) is 6. The van der Waals surface area contributed by atoms with Crippen molar-refractivity contribution in [3.63, 3.8) is 0 Å². The van der Waals surface area contributed by atoms with Crippen LogP contribution in [-0.4, -0.2) is 68.8 Å². The molecule has 0 N–H and O–H groups in total. The molecule has 34 heavy (non-hydrogen) atoms. The molecule has 2 heterocycles. The minimum atomic E-state index is -3.57. The molecule has 182 valence electrons. The fourth-order valence-electron chi connectivity index (χ4n) is 3.90. The van der Waals surface area contributed by atoms with Crippen molar-refractivity contribution in [2.45, 2.75) is 24.7 Å². The van der Waals surface area contributed by atoms with E-state index in [0.717, 1.165) is 17.5 Å². The van der Waals surface area contributed by atoms with Gasteiger partial charge in [-0.2, -0.15) is 4.31 Å². The molecule has 0 radical (unpaired) electrons. The number of aromatic nitrogens is 1. The number of halogens is 1. The standard InChI is InChI=1S/C24H29ClN4O3S2/c1-17-11-13-28(14-12-17)34(31,32)19-9-7-18(8-10-19)23(30)29(16-15-27(2)3)24-26-22-20(25)5-4-6-21(22)33-24/h4-10,17H,11-16H2,1-3H3. The predicted molar refractivity (Wildman–Crippen MR) is 138 cm³/mol. The number of fused-ring (bicyclic) bond motifs is 1. The van der Waals surface area contributed by atoms with Crippen molar-refractivity contribution in [2.24, 2.45) is 5.92 Å². The van der Waals surface area contributed by atoms with Crippen LogP contribution in [0.15, 0.2) is 47.4 Å². The van der Waals surface area contributed by atoms with Gasteiger partial charge in [-0.25, -0.2) is 13.4 Å². The van der Waals surface area contributed by atoms with E-state index in [1.165, 1.54) is 27.8 Å². The number of hydrogen-bond donors (Lipinski definition) is 0. The first-order chi connectivity index (χ1) is 16.2. The van der Waals surface area contributed by atoms with E-state index in [-0.39, 0.29) is 10.8 Å². The summed E-state index contributed by atoms with van der Waals surface area (Å²) < 4.78 is 28.5. The molecule has 7 nitrogen and oxygen atoms in total. The average Bonchev–Trinajstić information content (AvgIpc) is 3.24. The zero-order valence-electron chi connectivity index (χ0n) is 19.6. The molecule has 0 saturated carbocycles. The molecule has 0 spiro atoms. The van der Waals surface area contributed by atoms with Crippen LogP contribution >= 0.6 is 22.9 Å². The molecule has 0 unspecified atom stereocenters. The summed E-state index contributed by atoms with van der Waals surface area (Å²) in [5.41, 5.74) is 1.08. The Bertz CT molecular complexity index is 1270. The first-order valence-corrected chi connectivity index (χ1v) is 13.9. The van der Waals surface area contributed by atoms with Gasteiger partial charge in [0.2, 0.25) is 10.0 Å². The lowest BCUT2D eigenvalue weighted by Gasteiger charge is -2.29.